The summed E-state index contributed by atoms with van der Waals surface area (Å²) in [5.41, 5.74) is 0.725. The van der Waals surface area contributed by atoms with Crippen LogP contribution < -0.4 is 4.74 Å². The Balaban J connectivity index is 2.65. The molecular formula is C11H11ClO5S. The third-order valence-corrected chi connectivity index (χ3v) is 3.99. The van der Waals surface area contributed by atoms with Gasteiger partial charge in [0, 0.05) is 22.7 Å². The van der Waals surface area contributed by atoms with Gasteiger partial charge in [0.1, 0.15) is 17.4 Å². The zero-order valence-corrected chi connectivity index (χ0v) is 11.3. The quantitative estimate of drug-likeness (QED) is 0.613. The van der Waals surface area contributed by atoms with Crippen molar-refractivity contribution in [2.75, 3.05) is 7.11 Å². The summed E-state index contributed by atoms with van der Waals surface area (Å²) in [6.07, 6.45) is 0.413. The van der Waals surface area contributed by atoms with E-state index in [4.69, 9.17) is 15.4 Å². The van der Waals surface area contributed by atoms with Crippen molar-refractivity contribution in [2.45, 2.75) is 24.3 Å². The lowest BCUT2D eigenvalue weighted by Gasteiger charge is -2.09. The van der Waals surface area contributed by atoms with Crippen LogP contribution in [0.3, 0.4) is 0 Å². The maximum atomic E-state index is 11.6. The van der Waals surface area contributed by atoms with E-state index in [9.17, 15) is 13.2 Å². The van der Waals surface area contributed by atoms with Crippen LogP contribution in [0, 0.1) is 0 Å². The highest BCUT2D eigenvalue weighted by Gasteiger charge is 2.28. The van der Waals surface area contributed by atoms with E-state index in [1.165, 1.54) is 19.2 Å². The number of benzene rings is 1. The van der Waals surface area contributed by atoms with Crippen molar-refractivity contribution < 1.29 is 22.7 Å². The minimum atomic E-state index is -3.90. The molecule has 0 fully saturated rings. The van der Waals surface area contributed by atoms with Crippen LogP contribution in [0.2, 0.25) is 0 Å². The van der Waals surface area contributed by atoms with Gasteiger partial charge in [0.25, 0.3) is 9.05 Å². The zero-order valence-electron chi connectivity index (χ0n) is 9.77. The van der Waals surface area contributed by atoms with Crippen molar-refractivity contribution in [1.29, 1.82) is 0 Å². The summed E-state index contributed by atoms with van der Waals surface area (Å²) in [6, 6.07) is 2.60. The lowest BCUT2D eigenvalue weighted by molar-refractivity contribution is 0.0595. The Morgan fingerprint density at radius 2 is 2.17 bits per heavy atom. The van der Waals surface area contributed by atoms with Crippen molar-refractivity contribution in [2.24, 2.45) is 0 Å². The van der Waals surface area contributed by atoms with Gasteiger partial charge in [-0.3, -0.25) is 0 Å². The second-order valence-electron chi connectivity index (χ2n) is 4.02. The van der Waals surface area contributed by atoms with Gasteiger partial charge < -0.3 is 9.47 Å². The van der Waals surface area contributed by atoms with Crippen LogP contribution in [0.4, 0.5) is 0 Å². The van der Waals surface area contributed by atoms with Gasteiger partial charge >= 0.3 is 5.97 Å². The van der Waals surface area contributed by atoms with E-state index in [1.807, 2.05) is 6.92 Å². The smallest absolute Gasteiger partial charge is 0.341 e. The molecule has 1 aliphatic heterocycles. The summed E-state index contributed by atoms with van der Waals surface area (Å²) in [4.78, 5) is 11.5. The fraction of sp³-hybridized carbons (Fsp3) is 0.364. The molecule has 0 saturated carbocycles. The molecule has 1 aromatic rings. The SMILES string of the molecule is COC(=O)c1cc(S(=O)(=O)Cl)cc2c1O[C@H](C)C2. The van der Waals surface area contributed by atoms with E-state index in [0.29, 0.717) is 17.7 Å². The first-order chi connectivity index (χ1) is 8.32. The molecule has 0 bridgehead atoms. The van der Waals surface area contributed by atoms with Crippen molar-refractivity contribution in [3.63, 3.8) is 0 Å². The molecule has 0 amide bonds. The minimum absolute atomic E-state index is 0.0820. The summed E-state index contributed by atoms with van der Waals surface area (Å²) in [6.45, 7) is 1.83. The summed E-state index contributed by atoms with van der Waals surface area (Å²) in [5, 5.41) is 0. The normalized spacial score (nSPS) is 18.1. The van der Waals surface area contributed by atoms with Gasteiger partial charge in [0.05, 0.1) is 12.0 Å². The van der Waals surface area contributed by atoms with Crippen LogP contribution in [0.1, 0.15) is 22.8 Å². The standard InChI is InChI=1S/C11H11ClO5S/c1-6-3-7-4-8(18(12,14)15)5-9(10(7)17-6)11(13)16-2/h4-6H,3H2,1-2H3/t6-/m1/s1. The van der Waals surface area contributed by atoms with E-state index in [2.05, 4.69) is 4.74 Å². The highest BCUT2D eigenvalue weighted by Crippen LogP contribution is 2.36. The molecule has 0 radical (unpaired) electrons. The van der Waals surface area contributed by atoms with E-state index in [0.717, 1.165) is 0 Å². The molecule has 5 nitrogen and oxygen atoms in total. The predicted octanol–water partition coefficient (Wildman–Crippen LogP) is 1.72. The maximum Gasteiger partial charge on any atom is 0.341 e. The molecule has 1 heterocycles. The molecule has 98 valence electrons. The Morgan fingerprint density at radius 1 is 1.50 bits per heavy atom. The summed E-state index contributed by atoms with van der Waals surface area (Å²) >= 11 is 0. The first kappa shape index (κ1) is 13.2. The second-order valence-corrected chi connectivity index (χ2v) is 6.59. The van der Waals surface area contributed by atoms with E-state index < -0.39 is 15.0 Å². The lowest BCUT2D eigenvalue weighted by Crippen LogP contribution is -2.08. The monoisotopic (exact) mass is 290 g/mol. The molecule has 1 aliphatic rings. The van der Waals surface area contributed by atoms with Crippen LogP contribution in [0.15, 0.2) is 17.0 Å². The van der Waals surface area contributed by atoms with Crippen molar-refractivity contribution in [3.8, 4) is 5.75 Å². The Morgan fingerprint density at radius 3 is 2.72 bits per heavy atom. The number of fused-ring (bicyclic) bond motifs is 1. The molecule has 1 atom stereocenters. The van der Waals surface area contributed by atoms with E-state index >= 15 is 0 Å². The highest BCUT2D eigenvalue weighted by atomic mass is 35.7. The lowest BCUT2D eigenvalue weighted by atomic mass is 10.1. The molecule has 0 aliphatic carbocycles. The minimum Gasteiger partial charge on any atom is -0.489 e. The third kappa shape index (κ3) is 2.30. The molecule has 1 aromatic carbocycles. The molecule has 18 heavy (non-hydrogen) atoms. The first-order valence-electron chi connectivity index (χ1n) is 5.19. The van der Waals surface area contributed by atoms with Gasteiger partial charge in [0.15, 0.2) is 0 Å². The average molecular weight is 291 g/mol. The van der Waals surface area contributed by atoms with Crippen LogP contribution in [-0.2, 0) is 20.2 Å². The van der Waals surface area contributed by atoms with Crippen LogP contribution in [0.25, 0.3) is 0 Å². The summed E-state index contributed by atoms with van der Waals surface area (Å²) in [5.74, 6) is -0.277. The first-order valence-corrected chi connectivity index (χ1v) is 7.50. The Hall–Kier alpha value is -1.27. The van der Waals surface area contributed by atoms with Crippen molar-refractivity contribution >= 4 is 25.7 Å². The van der Waals surface area contributed by atoms with Crippen LogP contribution in [-0.4, -0.2) is 27.6 Å². The zero-order chi connectivity index (χ0) is 13.5. The highest BCUT2D eigenvalue weighted by molar-refractivity contribution is 8.13. The topological polar surface area (TPSA) is 69.7 Å². The summed E-state index contributed by atoms with van der Waals surface area (Å²) in [7, 11) is 2.62. The average Bonchev–Trinajstić information content (AvgIpc) is 2.65. The van der Waals surface area contributed by atoms with Crippen molar-refractivity contribution in [1.82, 2.24) is 0 Å². The molecule has 0 spiro atoms. The molecule has 0 aromatic heterocycles. The number of carbonyl (C=O) groups excluding carboxylic acids is 1. The third-order valence-electron chi connectivity index (χ3n) is 2.65. The Bertz CT molecular complexity index is 608. The number of esters is 1. The van der Waals surface area contributed by atoms with Gasteiger partial charge in [0.2, 0.25) is 0 Å². The molecule has 0 N–H and O–H groups in total. The Kier molecular flexibility index (Phi) is 3.25. The van der Waals surface area contributed by atoms with Gasteiger partial charge in [-0.15, -0.1) is 0 Å². The van der Waals surface area contributed by atoms with Crippen LogP contribution >= 0.6 is 10.7 Å². The second kappa shape index (κ2) is 4.44. The molecule has 0 unspecified atom stereocenters. The van der Waals surface area contributed by atoms with Gasteiger partial charge in [-0.2, -0.15) is 0 Å². The Labute approximate surface area is 109 Å². The largest absolute Gasteiger partial charge is 0.489 e. The molecular weight excluding hydrogens is 280 g/mol. The number of rotatable bonds is 2. The van der Waals surface area contributed by atoms with Crippen LogP contribution in [0.5, 0.6) is 5.75 Å². The van der Waals surface area contributed by atoms with Gasteiger partial charge in [-0.05, 0) is 19.1 Å². The molecule has 7 heteroatoms. The van der Waals surface area contributed by atoms with Gasteiger partial charge in [-0.25, -0.2) is 13.2 Å². The number of ether oxygens (including phenoxy) is 2. The van der Waals surface area contributed by atoms with Gasteiger partial charge in [-0.1, -0.05) is 0 Å². The number of halogens is 1. The summed E-state index contributed by atoms with van der Waals surface area (Å²) < 4.78 is 32.8. The predicted molar refractivity (Wildman–Crippen MR) is 64.6 cm³/mol. The fourth-order valence-corrected chi connectivity index (χ4v) is 2.71. The van der Waals surface area contributed by atoms with Crippen molar-refractivity contribution in [3.05, 3.63) is 23.3 Å². The molecule has 2 rings (SSSR count). The molecule has 0 saturated heterocycles. The maximum absolute atomic E-state index is 11.6. The fourth-order valence-electron chi connectivity index (χ4n) is 1.91. The van der Waals surface area contributed by atoms with E-state index in [-0.39, 0.29) is 16.6 Å². The van der Waals surface area contributed by atoms with E-state index in [1.54, 1.807) is 0 Å². The number of methoxy groups -OCH3 is 1. The number of carbonyl (C=O) groups is 1. The number of hydrogen-bond acceptors (Lipinski definition) is 5. The number of hydrogen-bond donors (Lipinski definition) is 0.